The van der Waals surface area contributed by atoms with E-state index in [0.717, 1.165) is 0 Å². The second-order valence-electron chi connectivity index (χ2n) is 13.0. The van der Waals surface area contributed by atoms with E-state index >= 15 is 0 Å². The summed E-state index contributed by atoms with van der Waals surface area (Å²) in [5.74, 6) is -2.85. The molecule has 0 aromatic carbocycles. The number of nitrogens with zero attached hydrogens (tertiary/aromatic N) is 1. The number of hydrogen-bond donors (Lipinski definition) is 5. The van der Waals surface area contributed by atoms with Crippen molar-refractivity contribution in [2.75, 3.05) is 6.54 Å². The van der Waals surface area contributed by atoms with Gasteiger partial charge in [0.25, 0.3) is 5.91 Å². The van der Waals surface area contributed by atoms with Gasteiger partial charge in [-0.2, -0.15) is 0 Å². The quantitative estimate of drug-likeness (QED) is 0.238. The van der Waals surface area contributed by atoms with Crippen LogP contribution in [0.1, 0.15) is 67.2 Å². The van der Waals surface area contributed by atoms with Crippen LogP contribution in [0.25, 0.3) is 0 Å². The Hall–Kier alpha value is -3.36. The van der Waals surface area contributed by atoms with Gasteiger partial charge in [-0.3, -0.25) is 19.1 Å². The Balaban J connectivity index is 1.86. The first-order valence-corrected chi connectivity index (χ1v) is 15.0. The number of carbonyl (C=O) groups excluding carboxylic acids is 4. The zero-order valence-corrected chi connectivity index (χ0v) is 25.1. The Labute approximate surface area is 240 Å². The van der Waals surface area contributed by atoms with Crippen molar-refractivity contribution >= 4 is 39.9 Å². The van der Waals surface area contributed by atoms with Gasteiger partial charge < -0.3 is 30.7 Å². The molecule has 41 heavy (non-hydrogen) atoms. The topological polar surface area (TPSA) is 200 Å². The molecule has 5 unspecified atom stereocenters. The van der Waals surface area contributed by atoms with Crippen LogP contribution in [0.15, 0.2) is 12.7 Å². The van der Waals surface area contributed by atoms with Crippen molar-refractivity contribution in [3.05, 3.63) is 12.7 Å². The Bertz CT molecular complexity index is 1220. The lowest BCUT2D eigenvalue weighted by molar-refractivity contribution is -0.143. The molecule has 3 fully saturated rings. The van der Waals surface area contributed by atoms with Gasteiger partial charge in [0.2, 0.25) is 21.8 Å². The van der Waals surface area contributed by atoms with Crippen LogP contribution in [-0.4, -0.2) is 89.4 Å². The summed E-state index contributed by atoms with van der Waals surface area (Å²) in [6.07, 6.45) is 0.131. The number of nitrogens with one attached hydrogen (secondary N) is 4. The number of likely N-dealkylation sites (tertiary alicyclic amines) is 1. The number of carboxylic acid groups (broad SMARTS) is 1. The number of carbonyl (C=O) groups is 5. The van der Waals surface area contributed by atoms with E-state index in [0.29, 0.717) is 12.8 Å². The average molecular weight is 600 g/mol. The van der Waals surface area contributed by atoms with E-state index < -0.39 is 85.8 Å². The van der Waals surface area contributed by atoms with Crippen molar-refractivity contribution in [1.29, 1.82) is 0 Å². The lowest BCUT2D eigenvalue weighted by Crippen LogP contribution is -2.60. The van der Waals surface area contributed by atoms with E-state index in [2.05, 4.69) is 27.3 Å². The van der Waals surface area contributed by atoms with Gasteiger partial charge in [-0.25, -0.2) is 18.0 Å². The molecule has 5 atom stereocenters. The summed E-state index contributed by atoms with van der Waals surface area (Å²) >= 11 is 0. The Morgan fingerprint density at radius 3 is 2.17 bits per heavy atom. The summed E-state index contributed by atoms with van der Waals surface area (Å²) in [6, 6.07) is -3.19. The van der Waals surface area contributed by atoms with Gasteiger partial charge in [0.15, 0.2) is 0 Å². The van der Waals surface area contributed by atoms with E-state index in [9.17, 15) is 37.5 Å². The highest BCUT2D eigenvalue weighted by Gasteiger charge is 2.62. The number of amides is 5. The maximum absolute atomic E-state index is 13.9. The maximum atomic E-state index is 13.9. The SMILES string of the molecule is C=CC1CC1(NC(=O)C1CC(NC(=O)O)CN1C(=O)C(NC(=O)OC(C)(C)C)C(C)(C)C)C(=O)NS(=O)(=O)C1CC1. The summed E-state index contributed by atoms with van der Waals surface area (Å²) in [5.41, 5.74) is -3.25. The maximum Gasteiger partial charge on any atom is 0.408 e. The van der Waals surface area contributed by atoms with Crippen molar-refractivity contribution in [2.45, 2.75) is 102 Å². The van der Waals surface area contributed by atoms with Crippen molar-refractivity contribution in [3.63, 3.8) is 0 Å². The Kier molecular flexibility index (Phi) is 8.74. The number of sulfonamides is 1. The molecule has 1 aliphatic heterocycles. The number of alkyl carbamates (subject to hydrolysis) is 1. The minimum Gasteiger partial charge on any atom is -0.465 e. The lowest BCUT2D eigenvalue weighted by atomic mass is 9.85. The molecule has 2 saturated carbocycles. The molecule has 15 heteroatoms. The second kappa shape index (κ2) is 11.1. The second-order valence-corrected chi connectivity index (χ2v) is 15.0. The fraction of sp³-hybridized carbons (Fsp3) is 0.731. The fourth-order valence-corrected chi connectivity index (χ4v) is 6.23. The molecule has 1 heterocycles. The van der Waals surface area contributed by atoms with Gasteiger partial charge in [0.1, 0.15) is 23.2 Å². The molecule has 3 rings (SSSR count). The predicted octanol–water partition coefficient (Wildman–Crippen LogP) is 0.832. The van der Waals surface area contributed by atoms with E-state index in [1.807, 2.05) is 0 Å². The predicted molar refractivity (Wildman–Crippen MR) is 147 cm³/mol. The normalized spacial score (nSPS) is 26.8. The number of rotatable bonds is 9. The highest BCUT2D eigenvalue weighted by atomic mass is 32.2. The van der Waals surface area contributed by atoms with Gasteiger partial charge >= 0.3 is 12.2 Å². The smallest absolute Gasteiger partial charge is 0.408 e. The van der Waals surface area contributed by atoms with Gasteiger partial charge in [-0.1, -0.05) is 26.8 Å². The van der Waals surface area contributed by atoms with E-state index in [-0.39, 0.29) is 19.4 Å². The molecule has 0 aromatic heterocycles. The summed E-state index contributed by atoms with van der Waals surface area (Å²) in [4.78, 5) is 65.8. The highest BCUT2D eigenvalue weighted by molar-refractivity contribution is 7.91. The first-order chi connectivity index (χ1) is 18.7. The van der Waals surface area contributed by atoms with Crippen molar-refractivity contribution in [2.24, 2.45) is 11.3 Å². The van der Waals surface area contributed by atoms with Crippen LogP contribution in [0.5, 0.6) is 0 Å². The van der Waals surface area contributed by atoms with Crippen molar-refractivity contribution in [1.82, 2.24) is 25.6 Å². The third-order valence-corrected chi connectivity index (χ3v) is 9.06. The first kappa shape index (κ1) is 32.2. The first-order valence-electron chi connectivity index (χ1n) is 13.5. The molecule has 230 valence electrons. The summed E-state index contributed by atoms with van der Waals surface area (Å²) < 4.78 is 32.2. The summed E-state index contributed by atoms with van der Waals surface area (Å²) in [7, 11) is -3.89. The van der Waals surface area contributed by atoms with Gasteiger partial charge in [0.05, 0.1) is 11.3 Å². The molecular formula is C26H41N5O9S. The van der Waals surface area contributed by atoms with Crippen LogP contribution in [-0.2, 0) is 29.1 Å². The molecule has 1 saturated heterocycles. The van der Waals surface area contributed by atoms with Gasteiger partial charge in [-0.15, -0.1) is 6.58 Å². The molecule has 0 radical (unpaired) electrons. The average Bonchev–Trinajstić information content (AvgIpc) is 3.72. The fourth-order valence-electron chi connectivity index (χ4n) is 4.87. The largest absolute Gasteiger partial charge is 0.465 e. The molecule has 5 N–H and O–H groups in total. The van der Waals surface area contributed by atoms with Crippen molar-refractivity contribution in [3.8, 4) is 0 Å². The molecule has 0 bridgehead atoms. The van der Waals surface area contributed by atoms with Gasteiger partial charge in [0, 0.05) is 12.5 Å². The molecule has 14 nitrogen and oxygen atoms in total. The van der Waals surface area contributed by atoms with E-state index in [1.165, 1.54) is 11.0 Å². The molecule has 3 aliphatic rings. The molecular weight excluding hydrogens is 558 g/mol. The Morgan fingerprint density at radius 1 is 1.10 bits per heavy atom. The van der Waals surface area contributed by atoms with E-state index in [1.54, 1.807) is 41.5 Å². The van der Waals surface area contributed by atoms with Crippen LogP contribution in [0.3, 0.4) is 0 Å². The molecule has 5 amide bonds. The number of hydrogen-bond acceptors (Lipinski definition) is 8. The third-order valence-electron chi connectivity index (χ3n) is 7.24. The lowest BCUT2D eigenvalue weighted by Gasteiger charge is -2.36. The molecule has 2 aliphatic carbocycles. The summed E-state index contributed by atoms with van der Waals surface area (Å²) in [6.45, 7) is 13.6. The van der Waals surface area contributed by atoms with Crippen LogP contribution in [0.2, 0.25) is 0 Å². The van der Waals surface area contributed by atoms with E-state index in [4.69, 9.17) is 4.74 Å². The third kappa shape index (κ3) is 7.68. The standard InChI is InChI=1S/C26H41N5O9S/c1-8-14-12-26(14,21(34)30-41(38,39)16-9-10-16)29-19(32)17-11-15(27-22(35)36)13-31(17)20(33)18(24(2,3)4)28-23(37)40-25(5,6)7/h8,14-18,27H,1,9-13H2,2-7H3,(H,28,37)(H,29,32)(H,30,34)(H,35,36). The minimum absolute atomic E-state index is 0.107. The molecule has 0 spiro atoms. The monoisotopic (exact) mass is 599 g/mol. The van der Waals surface area contributed by atoms with Crippen molar-refractivity contribution < 1.29 is 42.2 Å². The van der Waals surface area contributed by atoms with Crippen LogP contribution in [0, 0.1) is 11.3 Å². The highest BCUT2D eigenvalue weighted by Crippen LogP contribution is 2.45. The zero-order valence-electron chi connectivity index (χ0n) is 24.3. The van der Waals surface area contributed by atoms with Crippen LogP contribution < -0.4 is 20.7 Å². The van der Waals surface area contributed by atoms with Crippen LogP contribution in [0.4, 0.5) is 9.59 Å². The summed E-state index contributed by atoms with van der Waals surface area (Å²) in [5, 5.41) is 16.1. The minimum atomic E-state index is -3.89. The Morgan fingerprint density at radius 2 is 1.71 bits per heavy atom. The number of ether oxygens (including phenoxy) is 1. The molecule has 0 aromatic rings. The van der Waals surface area contributed by atoms with Crippen LogP contribution >= 0.6 is 0 Å². The van der Waals surface area contributed by atoms with Gasteiger partial charge in [-0.05, 0) is 51.9 Å². The zero-order chi connectivity index (χ0) is 31.1.